The molecule has 0 saturated carbocycles. The van der Waals surface area contributed by atoms with Crippen molar-refractivity contribution in [3.8, 4) is 0 Å². The van der Waals surface area contributed by atoms with Crippen LogP contribution in [0.1, 0.15) is 27.0 Å². The molecular weight excluding hydrogens is 267 g/mol. The van der Waals surface area contributed by atoms with Crippen LogP contribution in [-0.2, 0) is 6.54 Å². The van der Waals surface area contributed by atoms with Crippen molar-refractivity contribution in [3.05, 3.63) is 64.5 Å². The third-order valence-corrected chi connectivity index (χ3v) is 3.36. The first-order valence-corrected chi connectivity index (χ1v) is 6.75. The number of anilines is 1. The molecule has 1 amide bonds. The molecular formula is C17H19FN2O. The van der Waals surface area contributed by atoms with E-state index in [4.69, 9.17) is 5.73 Å². The van der Waals surface area contributed by atoms with E-state index in [2.05, 4.69) is 0 Å². The maximum absolute atomic E-state index is 14.1. The molecule has 0 spiro atoms. The number of aryl methyl sites for hydroxylation is 2. The van der Waals surface area contributed by atoms with Crippen LogP contribution < -0.4 is 5.73 Å². The maximum Gasteiger partial charge on any atom is 0.256 e. The van der Waals surface area contributed by atoms with Crippen LogP contribution >= 0.6 is 0 Å². The molecule has 2 aromatic rings. The number of rotatable bonds is 3. The summed E-state index contributed by atoms with van der Waals surface area (Å²) in [6.45, 7) is 4.02. The van der Waals surface area contributed by atoms with Gasteiger partial charge >= 0.3 is 0 Å². The minimum atomic E-state index is -0.509. The molecule has 0 fully saturated rings. The maximum atomic E-state index is 14.1. The Kier molecular flexibility index (Phi) is 4.26. The molecule has 0 radical (unpaired) electrons. The summed E-state index contributed by atoms with van der Waals surface area (Å²) < 4.78 is 14.1. The van der Waals surface area contributed by atoms with Gasteiger partial charge in [-0.2, -0.15) is 0 Å². The van der Waals surface area contributed by atoms with Crippen LogP contribution in [0.2, 0.25) is 0 Å². The van der Waals surface area contributed by atoms with Gasteiger partial charge in [0.25, 0.3) is 5.91 Å². The summed E-state index contributed by atoms with van der Waals surface area (Å²) in [5, 5.41) is 0. The highest BCUT2D eigenvalue weighted by molar-refractivity contribution is 5.95. The van der Waals surface area contributed by atoms with Gasteiger partial charge in [0.15, 0.2) is 0 Å². The molecule has 2 aromatic carbocycles. The second-order valence-electron chi connectivity index (χ2n) is 5.35. The highest BCUT2D eigenvalue weighted by Gasteiger charge is 2.18. The number of hydrogen-bond acceptors (Lipinski definition) is 2. The van der Waals surface area contributed by atoms with E-state index in [-0.39, 0.29) is 11.5 Å². The zero-order valence-electron chi connectivity index (χ0n) is 12.5. The Hall–Kier alpha value is -2.36. The van der Waals surface area contributed by atoms with E-state index in [1.807, 2.05) is 31.2 Å². The molecule has 0 aliphatic rings. The molecule has 4 heteroatoms. The van der Waals surface area contributed by atoms with Gasteiger partial charge in [0.1, 0.15) is 5.82 Å². The fraction of sp³-hybridized carbons (Fsp3) is 0.235. The molecule has 0 saturated heterocycles. The number of carbonyl (C=O) groups is 1. The Balaban J connectivity index is 2.24. The number of amides is 1. The summed E-state index contributed by atoms with van der Waals surface area (Å²) in [4.78, 5) is 13.9. The van der Waals surface area contributed by atoms with Crippen molar-refractivity contribution in [2.24, 2.45) is 0 Å². The van der Waals surface area contributed by atoms with Crippen LogP contribution in [0.15, 0.2) is 36.4 Å². The van der Waals surface area contributed by atoms with Crippen molar-refractivity contribution in [2.75, 3.05) is 12.8 Å². The average molecular weight is 286 g/mol. The summed E-state index contributed by atoms with van der Waals surface area (Å²) in [6, 6.07) is 10.8. The van der Waals surface area contributed by atoms with Gasteiger partial charge in [0.2, 0.25) is 0 Å². The summed E-state index contributed by atoms with van der Waals surface area (Å²) >= 11 is 0. The zero-order chi connectivity index (χ0) is 15.6. The SMILES string of the molecule is Cc1cccc(CN(C)C(=O)c2cc(N)cc(C)c2F)c1. The lowest BCUT2D eigenvalue weighted by Crippen LogP contribution is -2.27. The Morgan fingerprint density at radius 1 is 1.24 bits per heavy atom. The third kappa shape index (κ3) is 3.40. The van der Waals surface area contributed by atoms with Crippen molar-refractivity contribution in [3.63, 3.8) is 0 Å². The first kappa shape index (κ1) is 15.0. The second kappa shape index (κ2) is 5.95. The fourth-order valence-corrected chi connectivity index (χ4v) is 2.31. The second-order valence-corrected chi connectivity index (χ2v) is 5.35. The summed E-state index contributed by atoms with van der Waals surface area (Å²) in [5.74, 6) is -0.880. The normalized spacial score (nSPS) is 10.5. The average Bonchev–Trinajstić information content (AvgIpc) is 2.42. The Morgan fingerprint density at radius 2 is 1.95 bits per heavy atom. The lowest BCUT2D eigenvalue weighted by molar-refractivity contribution is 0.0780. The van der Waals surface area contributed by atoms with Crippen molar-refractivity contribution in [1.29, 1.82) is 0 Å². The van der Waals surface area contributed by atoms with E-state index >= 15 is 0 Å². The largest absolute Gasteiger partial charge is 0.399 e. The number of nitrogens with two attached hydrogens (primary N) is 1. The van der Waals surface area contributed by atoms with E-state index in [0.29, 0.717) is 17.8 Å². The topological polar surface area (TPSA) is 46.3 Å². The fourth-order valence-electron chi connectivity index (χ4n) is 2.31. The molecule has 0 bridgehead atoms. The van der Waals surface area contributed by atoms with Gasteiger partial charge in [0, 0.05) is 19.3 Å². The Morgan fingerprint density at radius 3 is 2.62 bits per heavy atom. The highest BCUT2D eigenvalue weighted by Crippen LogP contribution is 2.19. The van der Waals surface area contributed by atoms with Crippen molar-refractivity contribution in [1.82, 2.24) is 4.90 Å². The van der Waals surface area contributed by atoms with E-state index in [9.17, 15) is 9.18 Å². The lowest BCUT2D eigenvalue weighted by Gasteiger charge is -2.18. The van der Waals surface area contributed by atoms with Gasteiger partial charge < -0.3 is 10.6 Å². The van der Waals surface area contributed by atoms with Gasteiger partial charge in [-0.3, -0.25) is 4.79 Å². The first-order chi connectivity index (χ1) is 9.88. The molecule has 2 rings (SSSR count). The molecule has 0 aromatic heterocycles. The molecule has 0 atom stereocenters. The number of benzene rings is 2. The van der Waals surface area contributed by atoms with E-state index < -0.39 is 5.82 Å². The Bertz CT molecular complexity index is 682. The number of nitrogens with zero attached hydrogens (tertiary/aromatic N) is 1. The third-order valence-electron chi connectivity index (χ3n) is 3.36. The number of nitrogen functional groups attached to an aromatic ring is 1. The number of halogens is 1. The van der Waals surface area contributed by atoms with Gasteiger partial charge in [0.05, 0.1) is 5.56 Å². The van der Waals surface area contributed by atoms with Gasteiger partial charge in [-0.15, -0.1) is 0 Å². The zero-order valence-corrected chi connectivity index (χ0v) is 12.5. The smallest absolute Gasteiger partial charge is 0.256 e. The molecule has 0 heterocycles. The summed E-state index contributed by atoms with van der Waals surface area (Å²) in [5.41, 5.74) is 8.62. The number of carbonyl (C=O) groups excluding carboxylic acids is 1. The van der Waals surface area contributed by atoms with Gasteiger partial charge in [-0.05, 0) is 37.1 Å². The van der Waals surface area contributed by atoms with E-state index in [1.165, 1.54) is 17.0 Å². The summed E-state index contributed by atoms with van der Waals surface area (Å²) in [6.07, 6.45) is 0. The van der Waals surface area contributed by atoms with E-state index in [0.717, 1.165) is 11.1 Å². The molecule has 2 N–H and O–H groups in total. The van der Waals surface area contributed by atoms with Crippen LogP contribution in [0.3, 0.4) is 0 Å². The molecule has 0 aliphatic carbocycles. The van der Waals surface area contributed by atoms with E-state index in [1.54, 1.807) is 14.0 Å². The minimum absolute atomic E-state index is 0.0163. The van der Waals surface area contributed by atoms with Crippen LogP contribution in [0.4, 0.5) is 10.1 Å². The van der Waals surface area contributed by atoms with Crippen LogP contribution in [0, 0.1) is 19.7 Å². The van der Waals surface area contributed by atoms with Gasteiger partial charge in [-0.25, -0.2) is 4.39 Å². The van der Waals surface area contributed by atoms with Crippen LogP contribution in [0.25, 0.3) is 0 Å². The number of hydrogen-bond donors (Lipinski definition) is 1. The Labute approximate surface area is 124 Å². The standard InChI is InChI=1S/C17H19FN2O/c1-11-5-4-6-13(7-11)10-20(3)17(21)15-9-14(19)8-12(2)16(15)18/h4-9H,10,19H2,1-3H3. The van der Waals surface area contributed by atoms with Crippen molar-refractivity contribution in [2.45, 2.75) is 20.4 Å². The van der Waals surface area contributed by atoms with Crippen molar-refractivity contribution < 1.29 is 9.18 Å². The predicted molar refractivity (Wildman–Crippen MR) is 82.5 cm³/mol. The lowest BCUT2D eigenvalue weighted by atomic mass is 10.1. The molecule has 0 aliphatic heterocycles. The first-order valence-electron chi connectivity index (χ1n) is 6.75. The molecule has 3 nitrogen and oxygen atoms in total. The van der Waals surface area contributed by atoms with Crippen LogP contribution in [-0.4, -0.2) is 17.9 Å². The molecule has 21 heavy (non-hydrogen) atoms. The van der Waals surface area contributed by atoms with Crippen LogP contribution in [0.5, 0.6) is 0 Å². The molecule has 110 valence electrons. The predicted octanol–water partition coefficient (Wildman–Crippen LogP) is 3.30. The summed E-state index contributed by atoms with van der Waals surface area (Å²) in [7, 11) is 1.66. The quantitative estimate of drug-likeness (QED) is 0.880. The highest BCUT2D eigenvalue weighted by atomic mass is 19.1. The van der Waals surface area contributed by atoms with Crippen molar-refractivity contribution >= 4 is 11.6 Å². The van der Waals surface area contributed by atoms with Gasteiger partial charge in [-0.1, -0.05) is 29.8 Å². The molecule has 0 unspecified atom stereocenters. The monoisotopic (exact) mass is 286 g/mol. The minimum Gasteiger partial charge on any atom is -0.399 e.